The molecule has 0 N–H and O–H groups in total. The maximum absolute atomic E-state index is 13.0. The van der Waals surface area contributed by atoms with Crippen molar-refractivity contribution >= 4 is 17.7 Å². The molecule has 2 aromatic carbocycles. The molecule has 4 rings (SSSR count). The van der Waals surface area contributed by atoms with Crippen molar-refractivity contribution in [3.8, 4) is 0 Å². The topological polar surface area (TPSA) is 49.9 Å². The van der Waals surface area contributed by atoms with Crippen LogP contribution in [0.4, 0.5) is 23.7 Å². The number of fused-ring (bicyclic) bond motifs is 3. The number of hydrogen-bond donors (Lipinski definition) is 0. The van der Waals surface area contributed by atoms with Gasteiger partial charge in [-0.05, 0) is 54.8 Å². The van der Waals surface area contributed by atoms with Gasteiger partial charge in [0.15, 0.2) is 0 Å². The van der Waals surface area contributed by atoms with E-state index in [2.05, 4.69) is 0 Å². The van der Waals surface area contributed by atoms with E-state index in [1.165, 1.54) is 12.1 Å². The van der Waals surface area contributed by atoms with Crippen molar-refractivity contribution in [2.75, 3.05) is 18.1 Å². The van der Waals surface area contributed by atoms with Gasteiger partial charge in [-0.15, -0.1) is 0 Å². The molecular formula is C21H19F3N2O3. The molecule has 1 unspecified atom stereocenters. The molecule has 8 heteroatoms. The molecule has 0 spiro atoms. The summed E-state index contributed by atoms with van der Waals surface area (Å²) >= 11 is 0. The number of ether oxygens (including phenoxy) is 1. The third kappa shape index (κ3) is 3.66. The second-order valence-corrected chi connectivity index (χ2v) is 7.32. The molecule has 152 valence electrons. The number of aryl methyl sites for hydroxylation is 1. The summed E-state index contributed by atoms with van der Waals surface area (Å²) in [6.45, 7) is 2.78. The Kier molecular flexibility index (Phi) is 4.72. The average Bonchev–Trinajstić information content (AvgIpc) is 3.03. The number of cyclic esters (lactones) is 1. The second-order valence-electron chi connectivity index (χ2n) is 7.32. The van der Waals surface area contributed by atoms with E-state index in [0.29, 0.717) is 18.7 Å². The van der Waals surface area contributed by atoms with Crippen molar-refractivity contribution in [3.63, 3.8) is 0 Å². The Labute approximate surface area is 165 Å². The Morgan fingerprint density at radius 2 is 1.86 bits per heavy atom. The van der Waals surface area contributed by atoms with Gasteiger partial charge in [0.1, 0.15) is 6.61 Å². The number of rotatable bonds is 1. The fourth-order valence-electron chi connectivity index (χ4n) is 3.75. The molecule has 2 aliphatic rings. The van der Waals surface area contributed by atoms with Crippen LogP contribution < -0.4 is 4.90 Å². The van der Waals surface area contributed by atoms with Crippen LogP contribution in [-0.2, 0) is 17.5 Å². The van der Waals surface area contributed by atoms with Gasteiger partial charge in [-0.2, -0.15) is 13.2 Å². The van der Waals surface area contributed by atoms with Crippen LogP contribution in [0.25, 0.3) is 0 Å². The molecule has 0 bridgehead atoms. The fourth-order valence-corrected chi connectivity index (χ4v) is 3.75. The smallest absolute Gasteiger partial charge is 0.416 e. The van der Waals surface area contributed by atoms with E-state index < -0.39 is 17.8 Å². The lowest BCUT2D eigenvalue weighted by molar-refractivity contribution is -0.137. The van der Waals surface area contributed by atoms with E-state index >= 15 is 0 Å². The second kappa shape index (κ2) is 7.09. The molecule has 2 amide bonds. The average molecular weight is 404 g/mol. The van der Waals surface area contributed by atoms with E-state index in [1.54, 1.807) is 9.80 Å². The lowest BCUT2D eigenvalue weighted by Crippen LogP contribution is -2.42. The number of carbonyl (C=O) groups excluding carboxylic acids is 2. The van der Waals surface area contributed by atoms with Gasteiger partial charge >= 0.3 is 12.3 Å². The zero-order valence-electron chi connectivity index (χ0n) is 15.7. The first-order chi connectivity index (χ1) is 13.7. The number of nitrogens with zero attached hydrogens (tertiary/aromatic N) is 2. The monoisotopic (exact) mass is 404 g/mol. The molecule has 1 saturated heterocycles. The number of amides is 2. The number of hydrogen-bond acceptors (Lipinski definition) is 3. The van der Waals surface area contributed by atoms with Crippen LogP contribution in [0, 0.1) is 6.92 Å². The van der Waals surface area contributed by atoms with Crippen molar-refractivity contribution in [2.45, 2.75) is 32.1 Å². The molecule has 1 fully saturated rings. The SMILES string of the molecule is Cc1ccc2c(c1)N1C(=O)OCC1CCN(C(=O)c1ccc(C(F)(F)F)cc1)C2. The van der Waals surface area contributed by atoms with Crippen LogP contribution in [0.2, 0.25) is 0 Å². The van der Waals surface area contributed by atoms with Crippen LogP contribution in [0.1, 0.15) is 33.5 Å². The molecule has 2 aromatic rings. The standard InChI is InChI=1S/C21H19F3N2O3/c1-13-2-3-15-11-25(9-8-17-12-29-20(28)26(17)18(15)10-13)19(27)14-4-6-16(7-5-14)21(22,23)24/h2-7,10,17H,8-9,11-12H2,1H3. The van der Waals surface area contributed by atoms with Gasteiger partial charge in [-0.3, -0.25) is 9.69 Å². The number of halogens is 3. The zero-order chi connectivity index (χ0) is 20.8. The van der Waals surface area contributed by atoms with Crippen molar-refractivity contribution < 1.29 is 27.5 Å². The van der Waals surface area contributed by atoms with Crippen LogP contribution in [0.5, 0.6) is 0 Å². The van der Waals surface area contributed by atoms with Gasteiger partial charge in [0, 0.05) is 18.7 Å². The van der Waals surface area contributed by atoms with Gasteiger partial charge in [-0.25, -0.2) is 4.79 Å². The molecule has 0 radical (unpaired) electrons. The Balaban J connectivity index is 1.65. The molecule has 5 nitrogen and oxygen atoms in total. The van der Waals surface area contributed by atoms with Crippen molar-refractivity contribution in [3.05, 3.63) is 64.7 Å². The molecule has 29 heavy (non-hydrogen) atoms. The van der Waals surface area contributed by atoms with E-state index in [4.69, 9.17) is 4.74 Å². The van der Waals surface area contributed by atoms with Crippen LogP contribution >= 0.6 is 0 Å². The number of benzene rings is 2. The summed E-state index contributed by atoms with van der Waals surface area (Å²) in [5.74, 6) is -0.344. The Morgan fingerprint density at radius 3 is 2.55 bits per heavy atom. The lowest BCUT2D eigenvalue weighted by atomic mass is 10.0. The van der Waals surface area contributed by atoms with Gasteiger partial charge in [0.2, 0.25) is 0 Å². The summed E-state index contributed by atoms with van der Waals surface area (Å²) in [5.41, 5.74) is 1.88. The maximum Gasteiger partial charge on any atom is 0.416 e. The molecule has 0 aliphatic carbocycles. The molecular weight excluding hydrogens is 385 g/mol. The first kappa shape index (κ1) is 19.3. The summed E-state index contributed by atoms with van der Waals surface area (Å²) in [5, 5.41) is 0. The fraction of sp³-hybridized carbons (Fsp3) is 0.333. The first-order valence-corrected chi connectivity index (χ1v) is 9.26. The van der Waals surface area contributed by atoms with Gasteiger partial charge < -0.3 is 9.64 Å². The highest BCUT2D eigenvalue weighted by molar-refractivity contribution is 5.95. The van der Waals surface area contributed by atoms with Crippen molar-refractivity contribution in [2.24, 2.45) is 0 Å². The molecule has 0 aromatic heterocycles. The molecule has 2 aliphatic heterocycles. The molecule has 2 heterocycles. The normalized spacial score (nSPS) is 19.2. The minimum atomic E-state index is -4.45. The van der Waals surface area contributed by atoms with Gasteiger partial charge in [-0.1, -0.05) is 12.1 Å². The first-order valence-electron chi connectivity index (χ1n) is 9.26. The quantitative estimate of drug-likeness (QED) is 0.709. The van der Waals surface area contributed by atoms with Crippen LogP contribution in [0.15, 0.2) is 42.5 Å². The van der Waals surface area contributed by atoms with E-state index in [0.717, 1.165) is 23.3 Å². The van der Waals surface area contributed by atoms with Crippen LogP contribution in [-0.4, -0.2) is 36.1 Å². The predicted octanol–water partition coefficient (Wildman–Crippen LogP) is 4.39. The van der Waals surface area contributed by atoms with Crippen molar-refractivity contribution in [1.82, 2.24) is 4.90 Å². The van der Waals surface area contributed by atoms with E-state index in [-0.39, 0.29) is 30.7 Å². The third-order valence-corrected chi connectivity index (χ3v) is 5.30. The lowest BCUT2D eigenvalue weighted by Gasteiger charge is -2.32. The molecule has 0 saturated carbocycles. The minimum absolute atomic E-state index is 0.189. The Bertz CT molecular complexity index is 957. The Morgan fingerprint density at radius 1 is 1.14 bits per heavy atom. The van der Waals surface area contributed by atoms with Crippen molar-refractivity contribution in [1.29, 1.82) is 0 Å². The highest BCUT2D eigenvalue weighted by Gasteiger charge is 2.38. The van der Waals surface area contributed by atoms with Crippen LogP contribution in [0.3, 0.4) is 0 Å². The number of anilines is 1. The summed E-state index contributed by atoms with van der Waals surface area (Å²) in [6.07, 6.45) is -4.33. The summed E-state index contributed by atoms with van der Waals surface area (Å²) in [6, 6.07) is 9.71. The van der Waals surface area contributed by atoms with E-state index in [9.17, 15) is 22.8 Å². The molecule has 1 atom stereocenters. The largest absolute Gasteiger partial charge is 0.447 e. The van der Waals surface area contributed by atoms with Gasteiger partial charge in [0.25, 0.3) is 5.91 Å². The Hall–Kier alpha value is -3.03. The van der Waals surface area contributed by atoms with E-state index in [1.807, 2.05) is 25.1 Å². The highest BCUT2D eigenvalue weighted by atomic mass is 19.4. The highest BCUT2D eigenvalue weighted by Crippen LogP contribution is 2.33. The minimum Gasteiger partial charge on any atom is -0.447 e. The maximum atomic E-state index is 13.0. The summed E-state index contributed by atoms with van der Waals surface area (Å²) in [4.78, 5) is 28.5. The van der Waals surface area contributed by atoms with Gasteiger partial charge in [0.05, 0.1) is 17.3 Å². The third-order valence-electron chi connectivity index (χ3n) is 5.30. The number of alkyl halides is 3. The summed E-state index contributed by atoms with van der Waals surface area (Å²) in [7, 11) is 0. The number of carbonyl (C=O) groups is 2. The zero-order valence-corrected chi connectivity index (χ0v) is 15.7. The summed E-state index contributed by atoms with van der Waals surface area (Å²) < 4.78 is 43.6. The predicted molar refractivity (Wildman–Crippen MR) is 99.6 cm³/mol.